The number of nitrogens with two attached hydrogens (primary N) is 1. The second-order valence-corrected chi connectivity index (χ2v) is 5.19. The minimum Gasteiger partial charge on any atom is -0.398 e. The first-order chi connectivity index (χ1) is 7.99. The van der Waals surface area contributed by atoms with Crippen molar-refractivity contribution in [1.29, 1.82) is 0 Å². The molecule has 1 rings (SSSR count). The molecule has 0 saturated carbocycles. The van der Waals surface area contributed by atoms with E-state index in [1.54, 1.807) is 0 Å². The lowest BCUT2D eigenvalue weighted by Crippen LogP contribution is -2.26. The molecule has 0 bridgehead atoms. The summed E-state index contributed by atoms with van der Waals surface area (Å²) < 4.78 is 39.1. The summed E-state index contributed by atoms with van der Waals surface area (Å²) in [5.74, 6) is -0.875. The Balaban J connectivity index is 2.83. The predicted octanol–water partition coefficient (Wildman–Crippen LogP) is 0.459. The van der Waals surface area contributed by atoms with Crippen molar-refractivity contribution < 1.29 is 17.9 Å². The SMILES string of the molecule is Nc1cccc(F)c1S(=O)(=O)NCCCCO. The molecule has 1 aromatic carbocycles. The number of aliphatic hydroxyl groups is 1. The van der Waals surface area contributed by atoms with E-state index in [4.69, 9.17) is 10.8 Å². The van der Waals surface area contributed by atoms with Gasteiger partial charge in [-0.2, -0.15) is 0 Å². The predicted molar refractivity (Wildman–Crippen MR) is 62.3 cm³/mol. The third-order valence-electron chi connectivity index (χ3n) is 2.14. The fourth-order valence-corrected chi connectivity index (χ4v) is 2.59. The van der Waals surface area contributed by atoms with Crippen LogP contribution in [0.5, 0.6) is 0 Å². The summed E-state index contributed by atoms with van der Waals surface area (Å²) in [6, 6.07) is 3.71. The van der Waals surface area contributed by atoms with Crippen LogP contribution in [0.4, 0.5) is 10.1 Å². The molecule has 0 unspecified atom stereocenters. The number of sulfonamides is 1. The van der Waals surface area contributed by atoms with Crippen molar-refractivity contribution in [1.82, 2.24) is 4.72 Å². The highest BCUT2D eigenvalue weighted by atomic mass is 32.2. The maximum atomic E-state index is 13.4. The third-order valence-corrected chi connectivity index (χ3v) is 3.70. The van der Waals surface area contributed by atoms with E-state index in [9.17, 15) is 12.8 Å². The lowest BCUT2D eigenvalue weighted by molar-refractivity contribution is 0.285. The zero-order valence-corrected chi connectivity index (χ0v) is 10.0. The quantitative estimate of drug-likeness (QED) is 0.513. The lowest BCUT2D eigenvalue weighted by atomic mass is 10.3. The molecule has 0 saturated heterocycles. The first kappa shape index (κ1) is 13.9. The molecule has 4 N–H and O–H groups in total. The molecule has 0 fully saturated rings. The number of hydrogen-bond donors (Lipinski definition) is 3. The largest absolute Gasteiger partial charge is 0.398 e. The van der Waals surface area contributed by atoms with Crippen LogP contribution in [0.1, 0.15) is 12.8 Å². The molecule has 0 aliphatic heterocycles. The van der Waals surface area contributed by atoms with E-state index in [0.717, 1.165) is 6.07 Å². The number of hydrogen-bond acceptors (Lipinski definition) is 4. The van der Waals surface area contributed by atoms with Gasteiger partial charge in [0.1, 0.15) is 10.7 Å². The molecule has 17 heavy (non-hydrogen) atoms. The Hall–Kier alpha value is -1.18. The Labute approximate surface area is 99.5 Å². The number of anilines is 1. The van der Waals surface area contributed by atoms with E-state index in [0.29, 0.717) is 12.8 Å². The zero-order valence-electron chi connectivity index (χ0n) is 9.19. The summed E-state index contributed by atoms with van der Waals surface area (Å²) in [5, 5.41) is 8.54. The Morgan fingerprint density at radius 3 is 2.65 bits per heavy atom. The molecule has 0 spiro atoms. The Morgan fingerprint density at radius 2 is 2.06 bits per heavy atom. The minimum atomic E-state index is -3.93. The molecule has 0 aliphatic rings. The summed E-state index contributed by atoms with van der Waals surface area (Å²) in [4.78, 5) is -0.524. The maximum absolute atomic E-state index is 13.4. The van der Waals surface area contributed by atoms with Gasteiger partial charge in [-0.05, 0) is 25.0 Å². The number of rotatable bonds is 6. The van der Waals surface area contributed by atoms with Crippen LogP contribution >= 0.6 is 0 Å². The average molecular weight is 262 g/mol. The zero-order chi connectivity index (χ0) is 12.9. The molecule has 0 radical (unpaired) electrons. The normalized spacial score (nSPS) is 11.6. The van der Waals surface area contributed by atoms with E-state index in [2.05, 4.69) is 4.72 Å². The number of nitrogens with one attached hydrogen (secondary N) is 1. The molecule has 96 valence electrons. The van der Waals surface area contributed by atoms with Crippen molar-refractivity contribution in [2.45, 2.75) is 17.7 Å². The molecule has 0 heterocycles. The van der Waals surface area contributed by atoms with Crippen LogP contribution in [-0.2, 0) is 10.0 Å². The first-order valence-electron chi connectivity index (χ1n) is 5.13. The van der Waals surface area contributed by atoms with Gasteiger partial charge in [-0.25, -0.2) is 17.5 Å². The van der Waals surface area contributed by atoms with Crippen molar-refractivity contribution in [2.75, 3.05) is 18.9 Å². The summed E-state index contributed by atoms with van der Waals surface area (Å²) in [6.45, 7) is 0.125. The van der Waals surface area contributed by atoms with Crippen molar-refractivity contribution in [2.24, 2.45) is 0 Å². The maximum Gasteiger partial charge on any atom is 0.245 e. The van der Waals surface area contributed by atoms with Gasteiger partial charge in [-0.15, -0.1) is 0 Å². The molecule has 0 aliphatic carbocycles. The van der Waals surface area contributed by atoms with E-state index >= 15 is 0 Å². The summed E-state index contributed by atoms with van der Waals surface area (Å²) >= 11 is 0. The van der Waals surface area contributed by atoms with Crippen LogP contribution in [0, 0.1) is 5.82 Å². The molecular weight excluding hydrogens is 247 g/mol. The number of nitrogen functional groups attached to an aromatic ring is 1. The molecule has 0 atom stereocenters. The number of unbranched alkanes of at least 4 members (excludes halogenated alkanes) is 1. The van der Waals surface area contributed by atoms with Crippen molar-refractivity contribution in [3.8, 4) is 0 Å². The van der Waals surface area contributed by atoms with Crippen LogP contribution < -0.4 is 10.5 Å². The average Bonchev–Trinajstić information content (AvgIpc) is 2.24. The Kier molecular flexibility index (Phi) is 4.86. The van der Waals surface area contributed by atoms with Gasteiger partial charge in [0.15, 0.2) is 0 Å². The van der Waals surface area contributed by atoms with E-state index in [-0.39, 0.29) is 18.8 Å². The molecule has 1 aromatic rings. The minimum absolute atomic E-state index is 0.0104. The summed E-state index contributed by atoms with van der Waals surface area (Å²) in [7, 11) is -3.93. The van der Waals surface area contributed by atoms with Crippen LogP contribution in [0.2, 0.25) is 0 Å². The first-order valence-corrected chi connectivity index (χ1v) is 6.62. The van der Waals surface area contributed by atoms with Gasteiger partial charge in [0.2, 0.25) is 10.0 Å². The van der Waals surface area contributed by atoms with Crippen LogP contribution in [-0.4, -0.2) is 26.7 Å². The molecule has 7 heteroatoms. The third kappa shape index (κ3) is 3.65. The smallest absolute Gasteiger partial charge is 0.245 e. The molecule has 0 aromatic heterocycles. The van der Waals surface area contributed by atoms with Crippen molar-refractivity contribution >= 4 is 15.7 Å². The number of aliphatic hydroxyl groups excluding tert-OH is 1. The van der Waals surface area contributed by atoms with Crippen LogP contribution in [0.15, 0.2) is 23.1 Å². The highest BCUT2D eigenvalue weighted by molar-refractivity contribution is 7.89. The van der Waals surface area contributed by atoms with Crippen LogP contribution in [0.25, 0.3) is 0 Å². The van der Waals surface area contributed by atoms with Crippen molar-refractivity contribution in [3.05, 3.63) is 24.0 Å². The standard InChI is InChI=1S/C10H15FN2O3S/c11-8-4-3-5-9(12)10(8)17(15,16)13-6-1-2-7-14/h3-5,13-14H,1-2,6-7,12H2. The molecule has 0 amide bonds. The van der Waals surface area contributed by atoms with E-state index < -0.39 is 20.7 Å². The molecule has 5 nitrogen and oxygen atoms in total. The van der Waals surface area contributed by atoms with Gasteiger partial charge in [0, 0.05) is 13.2 Å². The fourth-order valence-electron chi connectivity index (χ4n) is 1.32. The fraction of sp³-hybridized carbons (Fsp3) is 0.400. The number of benzene rings is 1. The van der Waals surface area contributed by atoms with E-state index in [1.165, 1.54) is 12.1 Å². The van der Waals surface area contributed by atoms with Gasteiger partial charge in [-0.1, -0.05) is 6.07 Å². The molecular formula is C10H15FN2O3S. The summed E-state index contributed by atoms with van der Waals surface area (Å²) in [6.07, 6.45) is 0.958. The topological polar surface area (TPSA) is 92.4 Å². The van der Waals surface area contributed by atoms with Gasteiger partial charge in [-0.3, -0.25) is 0 Å². The second-order valence-electron chi connectivity index (χ2n) is 3.49. The van der Waals surface area contributed by atoms with Crippen molar-refractivity contribution in [3.63, 3.8) is 0 Å². The highest BCUT2D eigenvalue weighted by Gasteiger charge is 2.21. The Morgan fingerprint density at radius 1 is 1.35 bits per heavy atom. The number of halogens is 1. The summed E-state index contributed by atoms with van der Waals surface area (Å²) in [5.41, 5.74) is 5.31. The van der Waals surface area contributed by atoms with Gasteiger partial charge in [0.25, 0.3) is 0 Å². The van der Waals surface area contributed by atoms with Gasteiger partial charge in [0.05, 0.1) is 5.69 Å². The Bertz CT molecular complexity index is 456. The lowest BCUT2D eigenvalue weighted by Gasteiger charge is -2.09. The van der Waals surface area contributed by atoms with Crippen LogP contribution in [0.3, 0.4) is 0 Å². The van der Waals surface area contributed by atoms with Gasteiger partial charge >= 0.3 is 0 Å². The second kappa shape index (κ2) is 5.95. The van der Waals surface area contributed by atoms with Gasteiger partial charge < -0.3 is 10.8 Å². The van der Waals surface area contributed by atoms with E-state index in [1.807, 2.05) is 0 Å². The monoisotopic (exact) mass is 262 g/mol. The highest BCUT2D eigenvalue weighted by Crippen LogP contribution is 2.21.